The SMILES string of the molecule is Cc1cccn2nc(-c3nc(-n4ccc(C5CC5)nc4=O)c(-c4cc(F)c(Cl)c(F)c4)o3)nc12. The van der Waals surface area contributed by atoms with E-state index in [-0.39, 0.29) is 34.8 Å². The maximum absolute atomic E-state index is 14.3. The third kappa shape index (κ3) is 3.38. The number of hydrogen-bond acceptors (Lipinski definition) is 6. The summed E-state index contributed by atoms with van der Waals surface area (Å²) in [6.45, 7) is 1.88. The van der Waals surface area contributed by atoms with E-state index < -0.39 is 22.3 Å². The Morgan fingerprint density at radius 1 is 1.09 bits per heavy atom. The van der Waals surface area contributed by atoms with Crippen LogP contribution in [0, 0.1) is 18.6 Å². The Labute approximate surface area is 195 Å². The van der Waals surface area contributed by atoms with Crippen LogP contribution in [0.15, 0.2) is 51.9 Å². The van der Waals surface area contributed by atoms with Gasteiger partial charge in [0.2, 0.25) is 5.82 Å². The second-order valence-corrected chi connectivity index (χ2v) is 8.48. The molecule has 6 rings (SSSR count). The molecule has 0 saturated heterocycles. The van der Waals surface area contributed by atoms with Gasteiger partial charge in [-0.25, -0.2) is 27.6 Å². The molecule has 8 nitrogen and oxygen atoms in total. The average molecular weight is 481 g/mol. The maximum Gasteiger partial charge on any atom is 0.353 e. The van der Waals surface area contributed by atoms with Gasteiger partial charge in [0.15, 0.2) is 17.2 Å². The van der Waals surface area contributed by atoms with Crippen molar-refractivity contribution in [3.8, 4) is 28.9 Å². The summed E-state index contributed by atoms with van der Waals surface area (Å²) in [4.78, 5) is 25.9. The molecule has 0 amide bonds. The third-order valence-corrected chi connectivity index (χ3v) is 6.01. The predicted molar refractivity (Wildman–Crippen MR) is 119 cm³/mol. The van der Waals surface area contributed by atoms with Crippen LogP contribution in [-0.4, -0.2) is 29.1 Å². The molecule has 11 heteroatoms. The van der Waals surface area contributed by atoms with Gasteiger partial charge in [0.1, 0.15) is 16.7 Å². The average Bonchev–Trinajstić information content (AvgIpc) is 3.41. The summed E-state index contributed by atoms with van der Waals surface area (Å²) < 4.78 is 37.1. The van der Waals surface area contributed by atoms with Gasteiger partial charge in [0.05, 0.1) is 5.69 Å². The van der Waals surface area contributed by atoms with Crippen LogP contribution in [0.3, 0.4) is 0 Å². The van der Waals surface area contributed by atoms with Crippen molar-refractivity contribution in [1.29, 1.82) is 0 Å². The number of aromatic nitrogens is 6. The lowest BCUT2D eigenvalue weighted by Crippen LogP contribution is -2.22. The van der Waals surface area contributed by atoms with Gasteiger partial charge in [-0.1, -0.05) is 17.7 Å². The van der Waals surface area contributed by atoms with E-state index in [1.54, 1.807) is 16.8 Å². The fraction of sp³-hybridized carbons (Fsp3) is 0.174. The van der Waals surface area contributed by atoms with Crippen molar-refractivity contribution in [2.24, 2.45) is 0 Å². The van der Waals surface area contributed by atoms with Crippen molar-refractivity contribution in [2.45, 2.75) is 25.7 Å². The summed E-state index contributed by atoms with van der Waals surface area (Å²) in [6, 6.07) is 7.45. The van der Waals surface area contributed by atoms with E-state index >= 15 is 0 Å². The zero-order chi connectivity index (χ0) is 23.6. The monoisotopic (exact) mass is 480 g/mol. The molecule has 1 aromatic carbocycles. The van der Waals surface area contributed by atoms with Crippen LogP contribution in [-0.2, 0) is 0 Å². The van der Waals surface area contributed by atoms with Crippen molar-refractivity contribution in [3.63, 3.8) is 0 Å². The number of aryl methyl sites for hydroxylation is 1. The topological polar surface area (TPSA) is 91.1 Å². The van der Waals surface area contributed by atoms with Crippen LogP contribution in [0.2, 0.25) is 5.02 Å². The summed E-state index contributed by atoms with van der Waals surface area (Å²) in [7, 11) is 0. The molecule has 0 aliphatic heterocycles. The molecule has 5 aromatic rings. The number of rotatable bonds is 4. The minimum Gasteiger partial charge on any atom is -0.431 e. The summed E-state index contributed by atoms with van der Waals surface area (Å²) in [5.74, 6) is -1.60. The van der Waals surface area contributed by atoms with Gasteiger partial charge in [-0.3, -0.25) is 0 Å². The Bertz CT molecular complexity index is 1630. The Balaban J connectivity index is 1.56. The minimum absolute atomic E-state index is 0.00580. The predicted octanol–water partition coefficient (Wildman–Crippen LogP) is 4.71. The molecule has 1 fully saturated rings. The van der Waals surface area contributed by atoms with Crippen molar-refractivity contribution in [3.05, 3.63) is 81.1 Å². The lowest BCUT2D eigenvalue weighted by molar-refractivity contribution is 0.569. The molecule has 0 spiro atoms. The van der Waals surface area contributed by atoms with Crippen molar-refractivity contribution < 1.29 is 13.2 Å². The first kappa shape index (κ1) is 20.7. The molecule has 4 heterocycles. The fourth-order valence-corrected chi connectivity index (χ4v) is 3.87. The Morgan fingerprint density at radius 3 is 2.53 bits per heavy atom. The van der Waals surface area contributed by atoms with Crippen molar-refractivity contribution in [1.82, 2.24) is 29.1 Å². The number of hydrogen-bond donors (Lipinski definition) is 0. The van der Waals surface area contributed by atoms with Gasteiger partial charge in [-0.15, -0.1) is 5.10 Å². The third-order valence-electron chi connectivity index (χ3n) is 5.65. The zero-order valence-corrected chi connectivity index (χ0v) is 18.4. The molecule has 0 unspecified atom stereocenters. The van der Waals surface area contributed by atoms with Crippen LogP contribution in [0.25, 0.3) is 34.5 Å². The highest BCUT2D eigenvalue weighted by Crippen LogP contribution is 2.38. The highest BCUT2D eigenvalue weighted by atomic mass is 35.5. The molecular weight excluding hydrogens is 466 g/mol. The number of pyridine rings is 1. The van der Waals surface area contributed by atoms with Crippen LogP contribution in [0.1, 0.15) is 30.0 Å². The second kappa shape index (κ2) is 7.56. The molecule has 34 heavy (non-hydrogen) atoms. The Hall–Kier alpha value is -3.92. The summed E-state index contributed by atoms with van der Waals surface area (Å²) in [5, 5.41) is 3.74. The molecule has 0 N–H and O–H groups in total. The van der Waals surface area contributed by atoms with Crippen LogP contribution in [0.5, 0.6) is 0 Å². The summed E-state index contributed by atoms with van der Waals surface area (Å²) in [6.07, 6.45) is 5.22. The van der Waals surface area contributed by atoms with Crippen molar-refractivity contribution in [2.75, 3.05) is 0 Å². The lowest BCUT2D eigenvalue weighted by atomic mass is 10.1. The van der Waals surface area contributed by atoms with E-state index in [1.807, 2.05) is 19.1 Å². The fourth-order valence-electron chi connectivity index (χ4n) is 3.76. The van der Waals surface area contributed by atoms with E-state index in [1.165, 1.54) is 10.8 Å². The zero-order valence-electron chi connectivity index (χ0n) is 17.7. The molecule has 0 radical (unpaired) electrons. The molecular formula is C23H15ClF2N6O2. The molecule has 4 aromatic heterocycles. The maximum atomic E-state index is 14.3. The molecule has 0 bridgehead atoms. The highest BCUT2D eigenvalue weighted by molar-refractivity contribution is 6.31. The highest BCUT2D eigenvalue weighted by Gasteiger charge is 2.27. The van der Waals surface area contributed by atoms with Gasteiger partial charge >= 0.3 is 5.69 Å². The smallest absolute Gasteiger partial charge is 0.353 e. The minimum atomic E-state index is -0.975. The van der Waals surface area contributed by atoms with E-state index in [0.717, 1.165) is 30.5 Å². The van der Waals surface area contributed by atoms with E-state index in [2.05, 4.69) is 20.1 Å². The number of nitrogens with zero attached hydrogens (tertiary/aromatic N) is 6. The molecule has 1 aliphatic carbocycles. The number of benzene rings is 1. The van der Waals surface area contributed by atoms with Gasteiger partial charge < -0.3 is 4.42 Å². The first-order chi connectivity index (χ1) is 16.4. The largest absolute Gasteiger partial charge is 0.431 e. The molecule has 1 aliphatic rings. The van der Waals surface area contributed by atoms with Crippen LogP contribution < -0.4 is 5.69 Å². The number of fused-ring (bicyclic) bond motifs is 1. The first-order valence-electron chi connectivity index (χ1n) is 10.5. The standard InChI is InChI=1S/C23H15ClF2N6O2/c1-11-3-2-7-32-20(11)28-19(30-32)22-29-21(31-8-6-16(12-4-5-12)27-23(31)33)18(34-22)13-9-14(25)17(24)15(26)10-13/h2-3,6-10,12H,4-5H2,1H3. The van der Waals surface area contributed by atoms with Gasteiger partial charge in [0.25, 0.3) is 5.89 Å². The lowest BCUT2D eigenvalue weighted by Gasteiger charge is -2.06. The number of oxazole rings is 1. The second-order valence-electron chi connectivity index (χ2n) is 8.10. The van der Waals surface area contributed by atoms with Gasteiger partial charge in [-0.05, 0) is 49.6 Å². The quantitative estimate of drug-likeness (QED) is 0.346. The van der Waals surface area contributed by atoms with E-state index in [0.29, 0.717) is 11.3 Å². The van der Waals surface area contributed by atoms with Gasteiger partial charge in [0, 0.05) is 23.9 Å². The molecule has 170 valence electrons. The molecule has 1 saturated carbocycles. The molecule has 0 atom stereocenters. The summed E-state index contributed by atoms with van der Waals surface area (Å²) in [5.41, 5.74) is 1.60. The Morgan fingerprint density at radius 2 is 1.85 bits per heavy atom. The summed E-state index contributed by atoms with van der Waals surface area (Å²) >= 11 is 5.65. The number of halogens is 3. The Kier molecular flexibility index (Phi) is 4.59. The van der Waals surface area contributed by atoms with Crippen LogP contribution in [0.4, 0.5) is 8.78 Å². The van der Waals surface area contributed by atoms with E-state index in [9.17, 15) is 13.6 Å². The van der Waals surface area contributed by atoms with Gasteiger partial charge in [-0.2, -0.15) is 9.97 Å². The van der Waals surface area contributed by atoms with Crippen molar-refractivity contribution >= 4 is 17.2 Å². The normalized spacial score (nSPS) is 13.6. The van der Waals surface area contributed by atoms with E-state index in [4.69, 9.17) is 16.0 Å². The van der Waals surface area contributed by atoms with Crippen LogP contribution >= 0.6 is 11.6 Å². The first-order valence-corrected chi connectivity index (χ1v) is 10.8.